The molecule has 0 spiro atoms. The van der Waals surface area contributed by atoms with Crippen LogP contribution in [0, 0.1) is 0 Å². The van der Waals surface area contributed by atoms with E-state index >= 15 is 0 Å². The molecular weight excluding hydrogens is 368 g/mol. The second kappa shape index (κ2) is 8.23. The van der Waals surface area contributed by atoms with Gasteiger partial charge in [0.1, 0.15) is 12.4 Å². The molecule has 0 saturated carbocycles. The molecule has 5 rings (SSSR count). The third-order valence-electron chi connectivity index (χ3n) is 5.20. The maximum absolute atomic E-state index is 6.00. The fraction of sp³-hybridized carbons (Fsp3) is 0.364. The third kappa shape index (κ3) is 4.11. The van der Waals surface area contributed by atoms with Gasteiger partial charge in [-0.3, -0.25) is 4.98 Å². The number of pyridine rings is 1. The van der Waals surface area contributed by atoms with Gasteiger partial charge in [-0.2, -0.15) is 0 Å². The normalized spacial score (nSPS) is 18.1. The average molecular weight is 392 g/mol. The van der Waals surface area contributed by atoms with Gasteiger partial charge in [-0.25, -0.2) is 4.98 Å². The molecule has 0 bridgehead atoms. The molecule has 29 heavy (non-hydrogen) atoms. The van der Waals surface area contributed by atoms with Gasteiger partial charge in [0, 0.05) is 43.7 Å². The number of ether oxygens (including phenoxy) is 3. The first-order valence-electron chi connectivity index (χ1n) is 10.0. The van der Waals surface area contributed by atoms with E-state index < -0.39 is 0 Å². The Labute approximate surface area is 169 Å². The summed E-state index contributed by atoms with van der Waals surface area (Å²) in [6.07, 6.45) is 6.75. The third-order valence-corrected chi connectivity index (χ3v) is 5.20. The van der Waals surface area contributed by atoms with Crippen molar-refractivity contribution in [1.82, 2.24) is 19.9 Å². The Morgan fingerprint density at radius 2 is 1.93 bits per heavy atom. The van der Waals surface area contributed by atoms with Gasteiger partial charge in [-0.1, -0.05) is 0 Å². The van der Waals surface area contributed by atoms with Gasteiger partial charge in [0.2, 0.25) is 0 Å². The van der Waals surface area contributed by atoms with Crippen LogP contribution in [0.4, 0.5) is 0 Å². The number of nitrogens with one attached hydrogen (secondary N) is 1. The van der Waals surface area contributed by atoms with Crippen LogP contribution in [-0.4, -0.2) is 40.4 Å². The second-order valence-electron chi connectivity index (χ2n) is 7.33. The molecule has 0 unspecified atom stereocenters. The van der Waals surface area contributed by atoms with E-state index in [-0.39, 0.29) is 6.10 Å². The SMILES string of the molecule is c1cc(CNC[C@H]2Cn3cc(-c4ccc5c(c4)OCCCO5)nc3CO2)ccn1. The Bertz CT molecular complexity index is 973. The highest BCUT2D eigenvalue weighted by molar-refractivity contribution is 5.64. The second-order valence-corrected chi connectivity index (χ2v) is 7.33. The first-order valence-corrected chi connectivity index (χ1v) is 10.0. The van der Waals surface area contributed by atoms with Crippen LogP contribution in [-0.2, 0) is 24.4 Å². The molecule has 7 heteroatoms. The number of aromatic nitrogens is 3. The highest BCUT2D eigenvalue weighted by Gasteiger charge is 2.22. The van der Waals surface area contributed by atoms with Crippen molar-refractivity contribution in [2.75, 3.05) is 19.8 Å². The number of benzene rings is 1. The maximum atomic E-state index is 6.00. The van der Waals surface area contributed by atoms with E-state index in [4.69, 9.17) is 19.2 Å². The average Bonchev–Trinajstić information content (AvgIpc) is 3.04. The van der Waals surface area contributed by atoms with E-state index in [0.29, 0.717) is 19.8 Å². The zero-order valence-corrected chi connectivity index (χ0v) is 16.2. The van der Waals surface area contributed by atoms with E-state index in [1.807, 2.05) is 42.7 Å². The van der Waals surface area contributed by atoms with Crippen molar-refractivity contribution in [2.45, 2.75) is 32.2 Å². The Kier molecular flexibility index (Phi) is 5.15. The molecule has 7 nitrogen and oxygen atoms in total. The lowest BCUT2D eigenvalue weighted by Crippen LogP contribution is -2.35. The summed E-state index contributed by atoms with van der Waals surface area (Å²) >= 11 is 0. The molecule has 0 amide bonds. The van der Waals surface area contributed by atoms with Gasteiger partial charge >= 0.3 is 0 Å². The highest BCUT2D eigenvalue weighted by Crippen LogP contribution is 2.34. The van der Waals surface area contributed by atoms with Gasteiger partial charge in [-0.05, 0) is 35.9 Å². The monoisotopic (exact) mass is 392 g/mol. The Morgan fingerprint density at radius 3 is 2.83 bits per heavy atom. The molecule has 0 fully saturated rings. The zero-order chi connectivity index (χ0) is 19.5. The van der Waals surface area contributed by atoms with Crippen LogP contribution in [0.2, 0.25) is 0 Å². The predicted octanol–water partition coefficient (Wildman–Crippen LogP) is 2.80. The molecule has 0 aliphatic carbocycles. The lowest BCUT2D eigenvalue weighted by atomic mass is 10.1. The quantitative estimate of drug-likeness (QED) is 0.720. The van der Waals surface area contributed by atoms with Crippen molar-refractivity contribution in [1.29, 1.82) is 0 Å². The number of imidazole rings is 1. The predicted molar refractivity (Wildman–Crippen MR) is 108 cm³/mol. The largest absolute Gasteiger partial charge is 0.490 e. The standard InChI is InChI=1S/C22H24N4O3/c1-8-27-20-3-2-17(10-21(20)28-9-1)19-14-26-13-18(29-15-22(26)25-19)12-24-11-16-4-6-23-7-5-16/h2-7,10,14,18,24H,1,8-9,11-13,15H2/t18-/m0/s1. The zero-order valence-electron chi connectivity index (χ0n) is 16.2. The van der Waals surface area contributed by atoms with E-state index in [9.17, 15) is 0 Å². The van der Waals surface area contributed by atoms with Crippen LogP contribution in [0.3, 0.4) is 0 Å². The van der Waals surface area contributed by atoms with Crippen molar-refractivity contribution in [3.8, 4) is 22.8 Å². The number of nitrogens with zero attached hydrogens (tertiary/aromatic N) is 3. The van der Waals surface area contributed by atoms with Gasteiger partial charge in [0.05, 0.1) is 31.6 Å². The molecule has 0 saturated heterocycles. The Balaban J connectivity index is 1.24. The first-order chi connectivity index (χ1) is 14.3. The van der Waals surface area contributed by atoms with Crippen molar-refractivity contribution < 1.29 is 14.2 Å². The molecular formula is C22H24N4O3. The summed E-state index contributed by atoms with van der Waals surface area (Å²) < 4.78 is 19.7. The van der Waals surface area contributed by atoms with Gasteiger partial charge < -0.3 is 24.1 Å². The van der Waals surface area contributed by atoms with E-state index in [1.54, 1.807) is 0 Å². The Morgan fingerprint density at radius 1 is 1.07 bits per heavy atom. The minimum atomic E-state index is 0.121. The van der Waals surface area contributed by atoms with Crippen LogP contribution in [0.5, 0.6) is 11.5 Å². The van der Waals surface area contributed by atoms with Crippen LogP contribution in [0.1, 0.15) is 17.8 Å². The summed E-state index contributed by atoms with van der Waals surface area (Å²) in [6, 6.07) is 10.1. The summed E-state index contributed by atoms with van der Waals surface area (Å²) in [4.78, 5) is 8.82. The maximum Gasteiger partial charge on any atom is 0.161 e. The fourth-order valence-corrected chi connectivity index (χ4v) is 3.66. The molecule has 0 radical (unpaired) electrons. The molecule has 2 aliphatic heterocycles. The summed E-state index contributed by atoms with van der Waals surface area (Å²) in [5.74, 6) is 2.55. The van der Waals surface area contributed by atoms with Crippen LogP contribution >= 0.6 is 0 Å². The van der Waals surface area contributed by atoms with Crippen LogP contribution in [0.15, 0.2) is 48.9 Å². The summed E-state index contributed by atoms with van der Waals surface area (Å²) in [5, 5.41) is 3.46. The topological polar surface area (TPSA) is 70.4 Å². The number of rotatable bonds is 5. The van der Waals surface area contributed by atoms with Crippen molar-refractivity contribution >= 4 is 0 Å². The molecule has 3 aromatic rings. The number of hydrogen-bond acceptors (Lipinski definition) is 6. The van der Waals surface area contributed by atoms with Crippen molar-refractivity contribution in [3.63, 3.8) is 0 Å². The molecule has 2 aromatic heterocycles. The van der Waals surface area contributed by atoms with Gasteiger partial charge in [0.25, 0.3) is 0 Å². The number of hydrogen-bond donors (Lipinski definition) is 1. The summed E-state index contributed by atoms with van der Waals surface area (Å²) in [5.41, 5.74) is 3.18. The summed E-state index contributed by atoms with van der Waals surface area (Å²) in [7, 11) is 0. The Hall–Kier alpha value is -2.90. The van der Waals surface area contributed by atoms with Gasteiger partial charge in [-0.15, -0.1) is 0 Å². The molecule has 1 aromatic carbocycles. The van der Waals surface area contributed by atoms with Crippen molar-refractivity contribution in [2.24, 2.45) is 0 Å². The molecule has 2 aliphatic rings. The van der Waals surface area contributed by atoms with Crippen LogP contribution in [0.25, 0.3) is 11.3 Å². The summed E-state index contributed by atoms with van der Waals surface area (Å²) in [6.45, 7) is 4.28. The first kappa shape index (κ1) is 18.1. The lowest BCUT2D eigenvalue weighted by Gasteiger charge is -2.24. The van der Waals surface area contributed by atoms with E-state index in [1.165, 1.54) is 5.56 Å². The lowest BCUT2D eigenvalue weighted by molar-refractivity contribution is 0.00278. The van der Waals surface area contributed by atoms with E-state index in [0.717, 1.165) is 54.6 Å². The smallest absolute Gasteiger partial charge is 0.161 e. The molecule has 1 atom stereocenters. The van der Waals surface area contributed by atoms with E-state index in [2.05, 4.69) is 21.1 Å². The number of fused-ring (bicyclic) bond motifs is 2. The van der Waals surface area contributed by atoms with Crippen LogP contribution < -0.4 is 14.8 Å². The highest BCUT2D eigenvalue weighted by atomic mass is 16.5. The fourth-order valence-electron chi connectivity index (χ4n) is 3.66. The minimum Gasteiger partial charge on any atom is -0.490 e. The minimum absolute atomic E-state index is 0.121. The molecule has 1 N–H and O–H groups in total. The molecule has 4 heterocycles. The van der Waals surface area contributed by atoms with Crippen molar-refractivity contribution in [3.05, 3.63) is 60.3 Å². The van der Waals surface area contributed by atoms with Gasteiger partial charge in [0.15, 0.2) is 11.5 Å². The molecule has 150 valence electrons.